The Balaban J connectivity index is 2.18. The molecule has 1 aliphatic heterocycles. The van der Waals surface area contributed by atoms with E-state index in [1.165, 1.54) is 4.90 Å². The molecule has 0 fully saturated rings. The number of hydrogen-bond acceptors (Lipinski definition) is 4. The predicted molar refractivity (Wildman–Crippen MR) is 72.9 cm³/mol. The van der Waals surface area contributed by atoms with Crippen molar-refractivity contribution in [1.29, 1.82) is 0 Å². The van der Waals surface area contributed by atoms with Gasteiger partial charge < -0.3 is 14.7 Å². The lowest BCUT2D eigenvalue weighted by Crippen LogP contribution is -2.30. The van der Waals surface area contributed by atoms with Crippen LogP contribution in [-0.2, 0) is 14.3 Å². The number of nitrogens with zero attached hydrogens (tertiary/aromatic N) is 1. The van der Waals surface area contributed by atoms with Crippen LogP contribution in [0.15, 0.2) is 41.7 Å². The number of esters is 1. The number of carbonyl (C=O) groups is 2. The SMILES string of the molecule is CCOC(=O)C1=C(O)C(=O)N([C@@H](C)c2ccccc2)C1. The lowest BCUT2D eigenvalue weighted by molar-refractivity contribution is -0.138. The smallest absolute Gasteiger partial charge is 0.339 e. The van der Waals surface area contributed by atoms with Crippen molar-refractivity contribution in [2.75, 3.05) is 13.2 Å². The molecule has 0 radical (unpaired) electrons. The van der Waals surface area contributed by atoms with Crippen LogP contribution in [-0.4, -0.2) is 35.0 Å². The Morgan fingerprint density at radius 2 is 2.05 bits per heavy atom. The molecule has 0 spiro atoms. The Bertz CT molecular complexity index is 550. The minimum atomic E-state index is -0.638. The summed E-state index contributed by atoms with van der Waals surface area (Å²) in [5.74, 6) is -1.68. The number of aliphatic hydroxyl groups is 1. The molecule has 1 aromatic carbocycles. The molecule has 1 heterocycles. The molecule has 1 aliphatic rings. The number of carbonyl (C=O) groups excluding carboxylic acids is 2. The van der Waals surface area contributed by atoms with E-state index in [0.717, 1.165) is 5.56 Å². The molecule has 1 N–H and O–H groups in total. The number of amides is 1. The van der Waals surface area contributed by atoms with Crippen LogP contribution in [0.5, 0.6) is 0 Å². The van der Waals surface area contributed by atoms with Crippen molar-refractivity contribution < 1.29 is 19.4 Å². The molecular formula is C15H17NO4. The van der Waals surface area contributed by atoms with Crippen molar-refractivity contribution in [2.24, 2.45) is 0 Å². The molecule has 0 saturated carbocycles. The van der Waals surface area contributed by atoms with Crippen molar-refractivity contribution in [1.82, 2.24) is 4.90 Å². The quantitative estimate of drug-likeness (QED) is 0.853. The van der Waals surface area contributed by atoms with E-state index in [0.29, 0.717) is 0 Å². The fourth-order valence-electron chi connectivity index (χ4n) is 2.19. The Kier molecular flexibility index (Phi) is 4.08. The zero-order valence-electron chi connectivity index (χ0n) is 11.5. The van der Waals surface area contributed by atoms with Gasteiger partial charge >= 0.3 is 5.97 Å². The summed E-state index contributed by atoms with van der Waals surface area (Å²) in [4.78, 5) is 25.2. The van der Waals surface area contributed by atoms with Gasteiger partial charge in [-0.25, -0.2) is 4.79 Å². The number of rotatable bonds is 4. The molecule has 5 nitrogen and oxygen atoms in total. The van der Waals surface area contributed by atoms with Gasteiger partial charge in [0.05, 0.1) is 19.2 Å². The van der Waals surface area contributed by atoms with Crippen LogP contribution in [0, 0.1) is 0 Å². The van der Waals surface area contributed by atoms with Crippen LogP contribution in [0.2, 0.25) is 0 Å². The third-order valence-electron chi connectivity index (χ3n) is 3.35. The van der Waals surface area contributed by atoms with E-state index < -0.39 is 17.6 Å². The van der Waals surface area contributed by atoms with Gasteiger partial charge in [0.15, 0.2) is 5.76 Å². The van der Waals surface area contributed by atoms with E-state index in [9.17, 15) is 14.7 Å². The third kappa shape index (κ3) is 2.52. The highest BCUT2D eigenvalue weighted by atomic mass is 16.5. The topological polar surface area (TPSA) is 66.8 Å². The molecule has 0 aromatic heterocycles. The van der Waals surface area contributed by atoms with Crippen molar-refractivity contribution in [3.63, 3.8) is 0 Å². The molecule has 0 bridgehead atoms. The van der Waals surface area contributed by atoms with Crippen LogP contribution >= 0.6 is 0 Å². The van der Waals surface area contributed by atoms with Gasteiger partial charge in [0.1, 0.15) is 5.57 Å². The number of aliphatic hydroxyl groups excluding tert-OH is 1. The van der Waals surface area contributed by atoms with Crippen molar-refractivity contribution in [3.05, 3.63) is 47.2 Å². The van der Waals surface area contributed by atoms with Gasteiger partial charge in [-0.15, -0.1) is 0 Å². The minimum Gasteiger partial charge on any atom is -0.503 e. The van der Waals surface area contributed by atoms with Gasteiger partial charge in [0.25, 0.3) is 5.91 Å². The van der Waals surface area contributed by atoms with Crippen LogP contribution in [0.25, 0.3) is 0 Å². The first-order chi connectivity index (χ1) is 9.56. The lowest BCUT2D eigenvalue weighted by atomic mass is 10.1. The monoisotopic (exact) mass is 275 g/mol. The van der Waals surface area contributed by atoms with Gasteiger partial charge in [-0.1, -0.05) is 30.3 Å². The molecular weight excluding hydrogens is 258 g/mol. The average molecular weight is 275 g/mol. The maximum absolute atomic E-state index is 12.0. The van der Waals surface area contributed by atoms with Crippen molar-refractivity contribution in [2.45, 2.75) is 19.9 Å². The summed E-state index contributed by atoms with van der Waals surface area (Å²) in [5, 5.41) is 9.81. The summed E-state index contributed by atoms with van der Waals surface area (Å²) in [6.45, 7) is 3.81. The van der Waals surface area contributed by atoms with E-state index in [1.54, 1.807) is 6.92 Å². The second-order valence-corrected chi connectivity index (χ2v) is 4.57. The van der Waals surface area contributed by atoms with E-state index >= 15 is 0 Å². The summed E-state index contributed by atoms with van der Waals surface area (Å²) in [6, 6.07) is 9.23. The maximum Gasteiger partial charge on any atom is 0.339 e. The molecule has 5 heteroatoms. The molecule has 1 atom stereocenters. The second-order valence-electron chi connectivity index (χ2n) is 4.57. The second kappa shape index (κ2) is 5.77. The van der Waals surface area contributed by atoms with Crippen LogP contribution in [0.1, 0.15) is 25.5 Å². The highest BCUT2D eigenvalue weighted by Crippen LogP contribution is 2.28. The Morgan fingerprint density at radius 1 is 1.40 bits per heavy atom. The molecule has 106 valence electrons. The zero-order chi connectivity index (χ0) is 14.7. The van der Waals surface area contributed by atoms with Crippen molar-refractivity contribution in [3.8, 4) is 0 Å². The standard InChI is InChI=1S/C15H17NO4/c1-3-20-15(19)12-9-16(14(18)13(12)17)10(2)11-7-5-4-6-8-11/h4-8,10,17H,3,9H2,1-2H3/t10-/m0/s1. The highest BCUT2D eigenvalue weighted by molar-refractivity contribution is 6.05. The highest BCUT2D eigenvalue weighted by Gasteiger charge is 2.37. The average Bonchev–Trinajstić information content (AvgIpc) is 2.76. The van der Waals surface area contributed by atoms with Crippen molar-refractivity contribution >= 4 is 11.9 Å². The van der Waals surface area contributed by atoms with Gasteiger partial charge in [-0.3, -0.25) is 4.79 Å². The fourth-order valence-corrected chi connectivity index (χ4v) is 2.19. The number of benzene rings is 1. The molecule has 0 saturated heterocycles. The Morgan fingerprint density at radius 3 is 2.65 bits per heavy atom. The third-order valence-corrected chi connectivity index (χ3v) is 3.35. The molecule has 1 aromatic rings. The summed E-state index contributed by atoms with van der Waals surface area (Å²) < 4.78 is 4.84. The van der Waals surface area contributed by atoms with Crippen LogP contribution < -0.4 is 0 Å². The van der Waals surface area contributed by atoms with Gasteiger partial charge in [0, 0.05) is 0 Å². The Hall–Kier alpha value is -2.30. The van der Waals surface area contributed by atoms with Gasteiger partial charge in [-0.05, 0) is 19.4 Å². The number of ether oxygens (including phenoxy) is 1. The van der Waals surface area contributed by atoms with Gasteiger partial charge in [-0.2, -0.15) is 0 Å². The Labute approximate surface area is 117 Å². The first kappa shape index (κ1) is 14.1. The normalized spacial score (nSPS) is 16.5. The van der Waals surface area contributed by atoms with E-state index in [2.05, 4.69) is 0 Å². The fraction of sp³-hybridized carbons (Fsp3) is 0.333. The summed E-state index contributed by atoms with van der Waals surface area (Å²) in [6.07, 6.45) is 0. The first-order valence-electron chi connectivity index (χ1n) is 6.51. The summed E-state index contributed by atoms with van der Waals surface area (Å²) in [7, 11) is 0. The lowest BCUT2D eigenvalue weighted by Gasteiger charge is -2.24. The predicted octanol–water partition coefficient (Wildman–Crippen LogP) is 1.97. The van der Waals surface area contributed by atoms with E-state index in [-0.39, 0.29) is 24.8 Å². The maximum atomic E-state index is 12.0. The van der Waals surface area contributed by atoms with E-state index in [1.807, 2.05) is 37.3 Å². The minimum absolute atomic E-state index is 0.0274. The first-order valence-corrected chi connectivity index (χ1v) is 6.51. The van der Waals surface area contributed by atoms with E-state index in [4.69, 9.17) is 4.74 Å². The summed E-state index contributed by atoms with van der Waals surface area (Å²) in [5.41, 5.74) is 0.971. The molecule has 0 aliphatic carbocycles. The number of hydrogen-bond donors (Lipinski definition) is 1. The largest absolute Gasteiger partial charge is 0.503 e. The van der Waals surface area contributed by atoms with Gasteiger partial charge in [0.2, 0.25) is 0 Å². The van der Waals surface area contributed by atoms with Crippen LogP contribution in [0.4, 0.5) is 0 Å². The molecule has 0 unspecified atom stereocenters. The van der Waals surface area contributed by atoms with Crippen LogP contribution in [0.3, 0.4) is 0 Å². The summed E-state index contributed by atoms with van der Waals surface area (Å²) >= 11 is 0. The zero-order valence-corrected chi connectivity index (χ0v) is 11.5. The molecule has 2 rings (SSSR count). The molecule has 20 heavy (non-hydrogen) atoms. The molecule has 1 amide bonds.